The lowest BCUT2D eigenvalue weighted by atomic mass is 9.92. The van der Waals surface area contributed by atoms with E-state index in [1.54, 1.807) is 18.2 Å². The second kappa shape index (κ2) is 14.8. The van der Waals surface area contributed by atoms with Crippen molar-refractivity contribution in [3.05, 3.63) is 114 Å². The Balaban J connectivity index is 1.47. The van der Waals surface area contributed by atoms with E-state index in [9.17, 15) is 14.4 Å². The van der Waals surface area contributed by atoms with Gasteiger partial charge >= 0.3 is 6.03 Å². The summed E-state index contributed by atoms with van der Waals surface area (Å²) in [6, 6.07) is 23.9. The van der Waals surface area contributed by atoms with Gasteiger partial charge in [-0.05, 0) is 85.7 Å². The van der Waals surface area contributed by atoms with E-state index in [4.69, 9.17) is 0 Å². The number of nitrogens with zero attached hydrogens (tertiary/aromatic N) is 4. The van der Waals surface area contributed by atoms with Crippen LogP contribution < -0.4 is 15.1 Å². The fourth-order valence-corrected chi connectivity index (χ4v) is 6.08. The van der Waals surface area contributed by atoms with E-state index in [1.165, 1.54) is 30.6 Å². The highest BCUT2D eigenvalue weighted by Crippen LogP contribution is 2.32. The van der Waals surface area contributed by atoms with E-state index in [0.717, 1.165) is 53.2 Å². The largest absolute Gasteiger partial charge is 0.372 e. The van der Waals surface area contributed by atoms with Crippen molar-refractivity contribution < 1.29 is 14.4 Å². The number of hydrogen-bond acceptors (Lipinski definition) is 7. The fourth-order valence-electron chi connectivity index (χ4n) is 5.27. The van der Waals surface area contributed by atoms with Crippen LogP contribution in [-0.2, 0) is 15.3 Å². The number of amides is 3. The number of nitrogens with one attached hydrogen (secondary N) is 1. The van der Waals surface area contributed by atoms with Crippen LogP contribution in [0.4, 0.5) is 22.1 Å². The second-order valence-corrected chi connectivity index (χ2v) is 12.0. The van der Waals surface area contributed by atoms with E-state index < -0.39 is 17.9 Å². The number of aromatic nitrogens is 2. The number of imide groups is 1. The van der Waals surface area contributed by atoms with Crippen LogP contribution in [0.5, 0.6) is 0 Å². The Labute approximate surface area is 262 Å². The molecule has 1 aliphatic rings. The van der Waals surface area contributed by atoms with Crippen molar-refractivity contribution in [2.75, 3.05) is 28.2 Å². The first kappa shape index (κ1) is 30.9. The third-order valence-corrected chi connectivity index (χ3v) is 8.85. The van der Waals surface area contributed by atoms with Crippen LogP contribution in [0.1, 0.15) is 53.9 Å². The van der Waals surface area contributed by atoms with E-state index in [0.29, 0.717) is 17.0 Å². The first-order valence-electron chi connectivity index (χ1n) is 14.9. The molecule has 1 N–H and O–H groups in total. The summed E-state index contributed by atoms with van der Waals surface area (Å²) in [5.41, 5.74) is 5.24. The molecule has 3 amide bonds. The van der Waals surface area contributed by atoms with Gasteiger partial charge in [-0.2, -0.15) is 0 Å². The minimum atomic E-state index is -0.880. The molecule has 1 saturated heterocycles. The lowest BCUT2D eigenvalue weighted by Gasteiger charge is -2.30. The Morgan fingerprint density at radius 3 is 2.25 bits per heavy atom. The van der Waals surface area contributed by atoms with Gasteiger partial charge in [-0.25, -0.2) is 19.7 Å². The summed E-state index contributed by atoms with van der Waals surface area (Å²) < 4.78 is 0. The van der Waals surface area contributed by atoms with Crippen LogP contribution in [0.3, 0.4) is 0 Å². The molecule has 44 heavy (non-hydrogen) atoms. The van der Waals surface area contributed by atoms with E-state index in [2.05, 4.69) is 20.2 Å². The second-order valence-electron chi connectivity index (χ2n) is 11.0. The quantitative estimate of drug-likeness (QED) is 0.214. The van der Waals surface area contributed by atoms with Gasteiger partial charge in [-0.15, -0.1) is 0 Å². The molecule has 1 aliphatic heterocycles. The number of piperidine rings is 1. The molecule has 0 saturated carbocycles. The first-order valence-corrected chi connectivity index (χ1v) is 15.9. The maximum absolute atomic E-state index is 14.5. The number of hydrogen-bond donors (Lipinski definition) is 1. The van der Waals surface area contributed by atoms with Gasteiger partial charge in [0.2, 0.25) is 11.9 Å². The van der Waals surface area contributed by atoms with Crippen LogP contribution in [0, 0.1) is 13.8 Å². The van der Waals surface area contributed by atoms with Gasteiger partial charge in [-0.3, -0.25) is 14.9 Å². The molecule has 0 radical (unpaired) electrons. The standard InChI is InChI=1S/C35H37N5O3S/c1-25-12-13-28(22-26(25)2)31(23-32(41)44-24-27-10-5-3-6-11-27)33(42)40(35(43)38-34-36-18-9-19-37-34)30-16-14-29(15-17-30)39-20-7-4-8-21-39/h3,5-6,9-19,22,31H,4,7-8,20-21,23-24H2,1-2H3,(H,36,37,38,43). The molecule has 226 valence electrons. The molecule has 8 nitrogen and oxygen atoms in total. The summed E-state index contributed by atoms with van der Waals surface area (Å²) in [7, 11) is 0. The molecular weight excluding hydrogens is 570 g/mol. The maximum Gasteiger partial charge on any atom is 0.335 e. The number of anilines is 3. The van der Waals surface area contributed by atoms with Crippen molar-refractivity contribution in [2.45, 2.75) is 51.2 Å². The van der Waals surface area contributed by atoms with Gasteiger partial charge in [0.15, 0.2) is 5.12 Å². The van der Waals surface area contributed by atoms with Gasteiger partial charge in [0.1, 0.15) is 0 Å². The average Bonchev–Trinajstić information content (AvgIpc) is 3.06. The van der Waals surface area contributed by atoms with Crippen LogP contribution in [0.15, 0.2) is 91.3 Å². The Hall–Kier alpha value is -4.50. The number of thioether (sulfide) groups is 1. The molecule has 0 spiro atoms. The maximum atomic E-state index is 14.5. The van der Waals surface area contributed by atoms with Crippen LogP contribution in [0.25, 0.3) is 0 Å². The SMILES string of the molecule is Cc1ccc(C(CC(=O)SCc2ccccc2)C(=O)N(C(=O)Nc2ncccn2)c2ccc(N3CCCCC3)cc2)cc1C. The molecule has 2 heterocycles. The molecule has 3 aromatic carbocycles. The number of rotatable bonds is 9. The van der Waals surface area contributed by atoms with E-state index in [1.807, 2.05) is 74.5 Å². The first-order chi connectivity index (χ1) is 21.4. The molecule has 1 unspecified atom stereocenters. The summed E-state index contributed by atoms with van der Waals surface area (Å²) in [5.74, 6) is -0.797. The summed E-state index contributed by atoms with van der Waals surface area (Å²) in [6.07, 6.45) is 6.47. The van der Waals surface area contributed by atoms with Gasteiger partial charge in [0.25, 0.3) is 0 Å². The Bertz CT molecular complexity index is 1580. The molecule has 1 atom stereocenters. The predicted octanol–water partition coefficient (Wildman–Crippen LogP) is 7.28. The highest BCUT2D eigenvalue weighted by Gasteiger charge is 2.34. The monoisotopic (exact) mass is 607 g/mol. The zero-order chi connectivity index (χ0) is 30.9. The zero-order valence-corrected chi connectivity index (χ0v) is 25.9. The highest BCUT2D eigenvalue weighted by atomic mass is 32.2. The number of aryl methyl sites for hydroxylation is 2. The van der Waals surface area contributed by atoms with Crippen LogP contribution in [-0.4, -0.2) is 40.1 Å². The minimum absolute atomic E-state index is 0.0592. The van der Waals surface area contributed by atoms with Crippen molar-refractivity contribution in [2.24, 2.45) is 0 Å². The minimum Gasteiger partial charge on any atom is -0.372 e. The number of carbonyl (C=O) groups excluding carboxylic acids is 3. The topological polar surface area (TPSA) is 95.5 Å². The van der Waals surface area contributed by atoms with Crippen molar-refractivity contribution in [3.63, 3.8) is 0 Å². The molecule has 5 rings (SSSR count). The van der Waals surface area contributed by atoms with Gasteiger partial charge in [-0.1, -0.05) is 60.3 Å². The lowest BCUT2D eigenvalue weighted by molar-refractivity contribution is -0.122. The van der Waals surface area contributed by atoms with Crippen LogP contribution in [0.2, 0.25) is 0 Å². The van der Waals surface area contributed by atoms with Crippen molar-refractivity contribution in [1.82, 2.24) is 9.97 Å². The Morgan fingerprint density at radius 2 is 1.57 bits per heavy atom. The Morgan fingerprint density at radius 1 is 0.864 bits per heavy atom. The molecule has 4 aromatic rings. The average molecular weight is 608 g/mol. The number of urea groups is 1. The predicted molar refractivity (Wildman–Crippen MR) is 177 cm³/mol. The molecule has 9 heteroatoms. The molecule has 1 aromatic heterocycles. The van der Waals surface area contributed by atoms with Gasteiger partial charge in [0, 0.05) is 43.3 Å². The third-order valence-electron chi connectivity index (χ3n) is 7.88. The van der Waals surface area contributed by atoms with Crippen molar-refractivity contribution in [1.29, 1.82) is 0 Å². The summed E-state index contributed by atoms with van der Waals surface area (Å²) >= 11 is 1.18. The zero-order valence-electron chi connectivity index (χ0n) is 25.1. The van der Waals surface area contributed by atoms with Crippen molar-refractivity contribution in [3.8, 4) is 0 Å². The fraction of sp³-hybridized carbons (Fsp3) is 0.286. The lowest BCUT2D eigenvalue weighted by Crippen LogP contribution is -2.43. The highest BCUT2D eigenvalue weighted by molar-refractivity contribution is 8.12. The van der Waals surface area contributed by atoms with E-state index >= 15 is 0 Å². The third kappa shape index (κ3) is 7.90. The molecular formula is C35H37N5O3S. The summed E-state index contributed by atoms with van der Waals surface area (Å²) in [4.78, 5) is 53.3. The number of benzene rings is 3. The smallest absolute Gasteiger partial charge is 0.335 e. The van der Waals surface area contributed by atoms with Crippen LogP contribution >= 0.6 is 11.8 Å². The van der Waals surface area contributed by atoms with Gasteiger partial charge < -0.3 is 4.90 Å². The molecule has 0 bridgehead atoms. The normalized spacial score (nSPS) is 13.6. The van der Waals surface area contributed by atoms with E-state index in [-0.39, 0.29) is 17.5 Å². The summed E-state index contributed by atoms with van der Waals surface area (Å²) in [5, 5.41) is 2.54. The number of carbonyl (C=O) groups is 3. The van der Waals surface area contributed by atoms with Crippen molar-refractivity contribution >= 4 is 46.1 Å². The molecule has 0 aliphatic carbocycles. The molecule has 1 fully saturated rings. The van der Waals surface area contributed by atoms with Gasteiger partial charge in [0.05, 0.1) is 11.6 Å². The summed E-state index contributed by atoms with van der Waals surface area (Å²) in [6.45, 7) is 5.93. The Kier molecular flexibility index (Phi) is 10.4.